The average molecular weight is 116 g/mol. The van der Waals surface area contributed by atoms with Crippen LogP contribution in [0.5, 0.6) is 0 Å². The van der Waals surface area contributed by atoms with Gasteiger partial charge >= 0.3 is 0 Å². The van der Waals surface area contributed by atoms with E-state index < -0.39 is 0 Å². The second-order valence-corrected chi connectivity index (χ2v) is 2.36. The summed E-state index contributed by atoms with van der Waals surface area (Å²) in [6, 6.07) is 0. The van der Waals surface area contributed by atoms with Crippen LogP contribution < -0.4 is 6.15 Å². The number of rotatable bonds is 0. The van der Waals surface area contributed by atoms with Crippen LogP contribution in [0, 0.1) is 0 Å². The van der Waals surface area contributed by atoms with Crippen molar-refractivity contribution in [1.82, 2.24) is 11.1 Å². The van der Waals surface area contributed by atoms with Gasteiger partial charge < -0.3 is 11.1 Å². The van der Waals surface area contributed by atoms with E-state index in [1.807, 2.05) is 0 Å². The number of hydrogen-bond donors (Lipinski definition) is 1. The smallest absolute Gasteiger partial charge is 0.00218 e. The van der Waals surface area contributed by atoms with Crippen molar-refractivity contribution in [1.29, 1.82) is 0 Å². The number of piperidine rings is 1. The first kappa shape index (κ1) is 7.92. The Balaban J connectivity index is 0.000000490. The van der Waals surface area contributed by atoms with Gasteiger partial charge in [-0.15, -0.1) is 0 Å². The standard InChI is InChI=1S/C6H13N.H3N/c1-7-5-3-2-4-6-7;/h2-6H2,1H3;1H3. The molecule has 1 fully saturated rings. The fraction of sp³-hybridized carbons (Fsp3) is 1.00. The topological polar surface area (TPSA) is 38.2 Å². The molecule has 1 aliphatic heterocycles. The van der Waals surface area contributed by atoms with Crippen LogP contribution in [0.4, 0.5) is 0 Å². The van der Waals surface area contributed by atoms with E-state index >= 15 is 0 Å². The molecule has 0 saturated carbocycles. The van der Waals surface area contributed by atoms with Crippen LogP contribution in [0.15, 0.2) is 0 Å². The lowest BCUT2D eigenvalue weighted by atomic mass is 10.1. The second kappa shape index (κ2) is 3.87. The normalized spacial score (nSPS) is 22.1. The number of hydrogen-bond acceptors (Lipinski definition) is 2. The minimum absolute atomic E-state index is 0. The molecule has 50 valence electrons. The third-order valence-corrected chi connectivity index (χ3v) is 1.58. The summed E-state index contributed by atoms with van der Waals surface area (Å²) in [5.74, 6) is 0. The van der Waals surface area contributed by atoms with Gasteiger partial charge in [-0.25, -0.2) is 0 Å². The van der Waals surface area contributed by atoms with E-state index in [1.165, 1.54) is 32.4 Å². The van der Waals surface area contributed by atoms with E-state index in [0.29, 0.717) is 0 Å². The molecule has 0 atom stereocenters. The lowest BCUT2D eigenvalue weighted by Gasteiger charge is -2.20. The molecule has 0 unspecified atom stereocenters. The maximum atomic E-state index is 2.39. The Bertz CT molecular complexity index is 48.5. The fourth-order valence-electron chi connectivity index (χ4n) is 1.05. The van der Waals surface area contributed by atoms with Crippen molar-refractivity contribution in [3.05, 3.63) is 0 Å². The zero-order valence-electron chi connectivity index (χ0n) is 5.69. The first-order valence-corrected chi connectivity index (χ1v) is 3.08. The molecule has 2 heteroatoms. The van der Waals surface area contributed by atoms with Gasteiger partial charge in [-0.2, -0.15) is 0 Å². The molecule has 0 spiro atoms. The van der Waals surface area contributed by atoms with E-state index in [1.54, 1.807) is 0 Å². The largest absolute Gasteiger partial charge is 0.344 e. The average Bonchev–Trinajstić information content (AvgIpc) is 1.69. The van der Waals surface area contributed by atoms with Gasteiger partial charge in [-0.1, -0.05) is 6.42 Å². The molecule has 3 N–H and O–H groups in total. The molecular weight excluding hydrogens is 100 g/mol. The van der Waals surface area contributed by atoms with Gasteiger partial charge in [0.1, 0.15) is 0 Å². The first-order valence-electron chi connectivity index (χ1n) is 3.08. The summed E-state index contributed by atoms with van der Waals surface area (Å²) in [6.45, 7) is 2.64. The second-order valence-electron chi connectivity index (χ2n) is 2.36. The summed E-state index contributed by atoms with van der Waals surface area (Å²) in [5.41, 5.74) is 0. The molecule has 1 saturated heterocycles. The van der Waals surface area contributed by atoms with Crippen molar-refractivity contribution in [2.24, 2.45) is 0 Å². The van der Waals surface area contributed by atoms with Crippen molar-refractivity contribution < 1.29 is 0 Å². The molecule has 2 nitrogen and oxygen atoms in total. The summed E-state index contributed by atoms with van der Waals surface area (Å²) in [7, 11) is 2.19. The van der Waals surface area contributed by atoms with Crippen LogP contribution in [0.1, 0.15) is 19.3 Å². The van der Waals surface area contributed by atoms with E-state index in [-0.39, 0.29) is 6.15 Å². The quantitative estimate of drug-likeness (QED) is 0.517. The monoisotopic (exact) mass is 116 g/mol. The molecule has 0 radical (unpaired) electrons. The molecule has 8 heavy (non-hydrogen) atoms. The Hall–Kier alpha value is -0.0800. The molecule has 0 amide bonds. The Labute approximate surface area is 51.5 Å². The van der Waals surface area contributed by atoms with Gasteiger partial charge in [0, 0.05) is 0 Å². The number of likely N-dealkylation sites (tertiary alicyclic amines) is 1. The Morgan fingerprint density at radius 2 is 1.50 bits per heavy atom. The first-order chi connectivity index (χ1) is 3.39. The van der Waals surface area contributed by atoms with Crippen molar-refractivity contribution in [2.75, 3.05) is 20.1 Å². The molecule has 0 bridgehead atoms. The molecule has 0 aliphatic carbocycles. The summed E-state index contributed by atoms with van der Waals surface area (Å²) < 4.78 is 0. The van der Waals surface area contributed by atoms with Crippen LogP contribution >= 0.6 is 0 Å². The summed E-state index contributed by atoms with van der Waals surface area (Å²) in [5, 5.41) is 0. The Morgan fingerprint density at radius 3 is 1.75 bits per heavy atom. The minimum atomic E-state index is 0. The third-order valence-electron chi connectivity index (χ3n) is 1.58. The molecule has 1 rings (SSSR count). The van der Waals surface area contributed by atoms with Crippen molar-refractivity contribution >= 4 is 0 Å². The molecule has 1 aliphatic rings. The number of nitrogens with zero attached hydrogens (tertiary/aromatic N) is 1. The van der Waals surface area contributed by atoms with Gasteiger partial charge in [0.2, 0.25) is 0 Å². The van der Waals surface area contributed by atoms with Gasteiger partial charge in [-0.05, 0) is 33.0 Å². The van der Waals surface area contributed by atoms with Gasteiger partial charge in [0.05, 0.1) is 0 Å². The maximum absolute atomic E-state index is 2.39. The van der Waals surface area contributed by atoms with Crippen molar-refractivity contribution in [3.63, 3.8) is 0 Å². The zero-order valence-corrected chi connectivity index (χ0v) is 5.69. The maximum Gasteiger partial charge on any atom is -0.00218 e. The van der Waals surface area contributed by atoms with E-state index in [0.717, 1.165) is 0 Å². The lowest BCUT2D eigenvalue weighted by Crippen LogP contribution is -2.24. The highest BCUT2D eigenvalue weighted by Gasteiger charge is 2.02. The summed E-state index contributed by atoms with van der Waals surface area (Å²) >= 11 is 0. The van der Waals surface area contributed by atoms with Crippen LogP contribution in [-0.4, -0.2) is 25.0 Å². The highest BCUT2D eigenvalue weighted by Crippen LogP contribution is 2.04. The van der Waals surface area contributed by atoms with Crippen LogP contribution in [-0.2, 0) is 0 Å². The predicted octanol–water partition coefficient (Wildman–Crippen LogP) is 1.26. The predicted molar refractivity (Wildman–Crippen MR) is 36.4 cm³/mol. The van der Waals surface area contributed by atoms with Gasteiger partial charge in [-0.3, -0.25) is 0 Å². The molecule has 1 heterocycles. The van der Waals surface area contributed by atoms with Crippen LogP contribution in [0.2, 0.25) is 0 Å². The summed E-state index contributed by atoms with van der Waals surface area (Å²) in [4.78, 5) is 2.39. The molecule has 0 aromatic heterocycles. The van der Waals surface area contributed by atoms with Crippen LogP contribution in [0.25, 0.3) is 0 Å². The van der Waals surface area contributed by atoms with Crippen molar-refractivity contribution in [3.8, 4) is 0 Å². The summed E-state index contributed by atoms with van der Waals surface area (Å²) in [6.07, 6.45) is 4.28. The van der Waals surface area contributed by atoms with E-state index in [4.69, 9.17) is 0 Å². The molecule has 0 aromatic rings. The minimum Gasteiger partial charge on any atom is -0.344 e. The van der Waals surface area contributed by atoms with Gasteiger partial charge in [0.25, 0.3) is 0 Å². The zero-order chi connectivity index (χ0) is 5.11. The van der Waals surface area contributed by atoms with Crippen LogP contribution in [0.3, 0.4) is 0 Å². The van der Waals surface area contributed by atoms with Gasteiger partial charge in [0.15, 0.2) is 0 Å². The van der Waals surface area contributed by atoms with Crippen molar-refractivity contribution in [2.45, 2.75) is 19.3 Å². The molecular formula is C6H16N2. The molecule has 0 aromatic carbocycles. The van der Waals surface area contributed by atoms with E-state index in [9.17, 15) is 0 Å². The highest BCUT2D eigenvalue weighted by molar-refractivity contribution is 4.58. The SMILES string of the molecule is CN1CCCCC1.N. The lowest BCUT2D eigenvalue weighted by molar-refractivity contribution is 0.277. The third kappa shape index (κ3) is 2.28. The van der Waals surface area contributed by atoms with E-state index in [2.05, 4.69) is 11.9 Å². The Kier molecular flexibility index (Phi) is 3.83. The fourth-order valence-corrected chi connectivity index (χ4v) is 1.05. The highest BCUT2D eigenvalue weighted by atomic mass is 15.1. The Morgan fingerprint density at radius 1 is 1.00 bits per heavy atom.